The van der Waals surface area contributed by atoms with Crippen LogP contribution in [0.4, 0.5) is 0 Å². The number of amides is 2. The van der Waals surface area contributed by atoms with E-state index >= 15 is 0 Å². The van der Waals surface area contributed by atoms with E-state index in [1.807, 2.05) is 6.92 Å². The van der Waals surface area contributed by atoms with Crippen molar-refractivity contribution in [3.63, 3.8) is 0 Å². The molecule has 6 heteroatoms. The van der Waals surface area contributed by atoms with Gasteiger partial charge in [0.1, 0.15) is 6.04 Å². The summed E-state index contributed by atoms with van der Waals surface area (Å²) >= 11 is 0. The Balaban J connectivity index is 2.05. The summed E-state index contributed by atoms with van der Waals surface area (Å²) in [6, 6.07) is -0.716. The highest BCUT2D eigenvalue weighted by Gasteiger charge is 2.38. The van der Waals surface area contributed by atoms with Crippen molar-refractivity contribution < 1.29 is 19.4 Å². The summed E-state index contributed by atoms with van der Waals surface area (Å²) in [4.78, 5) is 27.5. The van der Waals surface area contributed by atoms with Crippen molar-refractivity contribution >= 4 is 11.8 Å². The predicted molar refractivity (Wildman–Crippen MR) is 68.4 cm³/mol. The van der Waals surface area contributed by atoms with E-state index in [2.05, 4.69) is 0 Å². The van der Waals surface area contributed by atoms with Crippen LogP contribution in [0.25, 0.3) is 0 Å². The Morgan fingerprint density at radius 1 is 1.58 bits per heavy atom. The minimum absolute atomic E-state index is 0.0526. The van der Waals surface area contributed by atoms with Crippen LogP contribution in [0.2, 0.25) is 0 Å². The number of carbonyl (C=O) groups is 2. The van der Waals surface area contributed by atoms with E-state index in [0.717, 1.165) is 6.42 Å². The summed E-state index contributed by atoms with van der Waals surface area (Å²) < 4.78 is 5.18. The molecule has 0 aromatic carbocycles. The second-order valence-corrected chi connectivity index (χ2v) is 5.24. The first-order valence-electron chi connectivity index (χ1n) is 6.88. The smallest absolute Gasteiger partial charge is 0.245 e. The highest BCUT2D eigenvalue weighted by atomic mass is 16.5. The minimum atomic E-state index is -0.638. The summed E-state index contributed by atoms with van der Waals surface area (Å²) in [5.74, 6) is -0.0517. The molecule has 0 aliphatic carbocycles. The van der Waals surface area contributed by atoms with Crippen molar-refractivity contribution in [2.75, 3.05) is 26.8 Å². The summed E-state index contributed by atoms with van der Waals surface area (Å²) in [6.45, 7) is 3.18. The number of carbonyl (C=O) groups excluding carboxylic acids is 2. The summed E-state index contributed by atoms with van der Waals surface area (Å²) in [6.07, 6.45) is 1.31. The molecule has 0 aromatic heterocycles. The molecule has 2 aliphatic rings. The lowest BCUT2D eigenvalue weighted by Crippen LogP contribution is -2.53. The minimum Gasteiger partial charge on any atom is -0.388 e. The average molecular weight is 270 g/mol. The maximum atomic E-state index is 12.5. The molecular formula is C13H22N2O4. The van der Waals surface area contributed by atoms with Crippen LogP contribution in [0.1, 0.15) is 26.2 Å². The van der Waals surface area contributed by atoms with Crippen LogP contribution in [-0.2, 0) is 14.3 Å². The van der Waals surface area contributed by atoms with Crippen molar-refractivity contribution in [1.82, 2.24) is 9.80 Å². The molecule has 2 fully saturated rings. The van der Waals surface area contributed by atoms with E-state index in [-0.39, 0.29) is 24.5 Å². The van der Waals surface area contributed by atoms with Gasteiger partial charge in [-0.15, -0.1) is 0 Å². The van der Waals surface area contributed by atoms with Gasteiger partial charge in [0, 0.05) is 20.0 Å². The molecule has 0 bridgehead atoms. The number of hydrogen-bond donors (Lipinski definition) is 1. The number of aliphatic hydroxyl groups excluding tert-OH is 1. The maximum absolute atomic E-state index is 12.5. The van der Waals surface area contributed by atoms with E-state index in [1.165, 1.54) is 4.90 Å². The lowest BCUT2D eigenvalue weighted by Gasteiger charge is -2.33. The van der Waals surface area contributed by atoms with E-state index in [1.54, 1.807) is 11.9 Å². The van der Waals surface area contributed by atoms with Crippen molar-refractivity contribution in [3.8, 4) is 0 Å². The first-order chi connectivity index (χ1) is 9.06. The van der Waals surface area contributed by atoms with Gasteiger partial charge in [0.25, 0.3) is 0 Å². The number of rotatable bonds is 4. The molecule has 2 aliphatic heterocycles. The van der Waals surface area contributed by atoms with Crippen LogP contribution in [0, 0.1) is 0 Å². The maximum Gasteiger partial charge on any atom is 0.245 e. The van der Waals surface area contributed by atoms with Crippen LogP contribution in [-0.4, -0.2) is 71.7 Å². The quantitative estimate of drug-likeness (QED) is 0.755. The molecule has 3 atom stereocenters. The molecule has 0 spiro atoms. The van der Waals surface area contributed by atoms with E-state index in [4.69, 9.17) is 4.74 Å². The van der Waals surface area contributed by atoms with Gasteiger partial charge in [-0.3, -0.25) is 9.59 Å². The van der Waals surface area contributed by atoms with E-state index < -0.39 is 12.1 Å². The van der Waals surface area contributed by atoms with Gasteiger partial charge in [0.15, 0.2) is 0 Å². The molecule has 0 aromatic rings. The molecule has 19 heavy (non-hydrogen) atoms. The van der Waals surface area contributed by atoms with Gasteiger partial charge in [0.2, 0.25) is 11.8 Å². The number of likely N-dealkylation sites (N-methyl/N-ethyl adjacent to an activating group) is 1. The molecule has 0 radical (unpaired) electrons. The van der Waals surface area contributed by atoms with Gasteiger partial charge in [-0.1, -0.05) is 6.92 Å². The summed E-state index contributed by atoms with van der Waals surface area (Å²) in [7, 11) is 1.67. The Kier molecular flexibility index (Phi) is 4.42. The van der Waals surface area contributed by atoms with E-state index in [0.29, 0.717) is 26.0 Å². The Hall–Kier alpha value is -1.14. The fraction of sp³-hybridized carbons (Fsp3) is 0.846. The lowest BCUT2D eigenvalue weighted by atomic mass is 10.1. The van der Waals surface area contributed by atoms with Gasteiger partial charge in [-0.05, 0) is 12.8 Å². The van der Waals surface area contributed by atoms with Crippen molar-refractivity contribution in [1.29, 1.82) is 0 Å². The molecule has 6 nitrogen and oxygen atoms in total. The molecule has 0 saturated carbocycles. The third kappa shape index (κ3) is 2.74. The highest BCUT2D eigenvalue weighted by Crippen LogP contribution is 2.20. The number of nitrogens with zero attached hydrogens (tertiary/aromatic N) is 2. The van der Waals surface area contributed by atoms with Gasteiger partial charge in [-0.25, -0.2) is 0 Å². The Morgan fingerprint density at radius 3 is 2.79 bits per heavy atom. The number of aliphatic hydroxyl groups is 1. The largest absolute Gasteiger partial charge is 0.388 e. The first-order valence-corrected chi connectivity index (χ1v) is 6.88. The second kappa shape index (κ2) is 5.88. The third-order valence-corrected chi connectivity index (χ3v) is 4.02. The number of likely N-dealkylation sites (tertiary alicyclic amines) is 1. The number of hydrogen-bond acceptors (Lipinski definition) is 4. The van der Waals surface area contributed by atoms with Crippen molar-refractivity contribution in [2.24, 2.45) is 0 Å². The third-order valence-electron chi connectivity index (χ3n) is 4.02. The molecule has 2 heterocycles. The standard InChI is InChI=1S/C13H22N2O4/c1-3-9(15-6-4-5-12(15)17)13(18)14(2)10-7-19-8-11(10)16/h9-11,16H,3-8H2,1-2H3/t9?,10-,11-/m1/s1. The predicted octanol–water partition coefficient (Wildman–Crippen LogP) is -0.394. The van der Waals surface area contributed by atoms with Gasteiger partial charge >= 0.3 is 0 Å². The van der Waals surface area contributed by atoms with Crippen molar-refractivity contribution in [3.05, 3.63) is 0 Å². The molecule has 1 unspecified atom stereocenters. The fourth-order valence-electron chi connectivity index (χ4n) is 2.83. The monoisotopic (exact) mass is 270 g/mol. The Bertz CT molecular complexity index is 361. The average Bonchev–Trinajstić information content (AvgIpc) is 2.99. The van der Waals surface area contributed by atoms with Crippen LogP contribution >= 0.6 is 0 Å². The molecule has 2 amide bonds. The summed E-state index contributed by atoms with van der Waals surface area (Å²) in [5.41, 5.74) is 0. The van der Waals surface area contributed by atoms with Crippen LogP contribution in [0.3, 0.4) is 0 Å². The SMILES string of the molecule is CCC(C(=O)N(C)[C@@H]1COC[C@H]1O)N1CCCC1=O. The Morgan fingerprint density at radius 2 is 2.32 bits per heavy atom. The molecule has 2 saturated heterocycles. The number of ether oxygens (including phenoxy) is 1. The zero-order valence-corrected chi connectivity index (χ0v) is 11.5. The van der Waals surface area contributed by atoms with Crippen LogP contribution < -0.4 is 0 Å². The van der Waals surface area contributed by atoms with Crippen LogP contribution in [0.5, 0.6) is 0 Å². The van der Waals surface area contributed by atoms with Gasteiger partial charge in [0.05, 0.1) is 25.4 Å². The van der Waals surface area contributed by atoms with Crippen LogP contribution in [0.15, 0.2) is 0 Å². The Labute approximate surface area is 113 Å². The fourth-order valence-corrected chi connectivity index (χ4v) is 2.83. The molecule has 1 N–H and O–H groups in total. The van der Waals surface area contributed by atoms with E-state index in [9.17, 15) is 14.7 Å². The normalized spacial score (nSPS) is 28.8. The first kappa shape index (κ1) is 14.3. The molecule has 108 valence electrons. The van der Waals surface area contributed by atoms with Gasteiger partial charge in [-0.2, -0.15) is 0 Å². The lowest BCUT2D eigenvalue weighted by molar-refractivity contribution is -0.145. The zero-order valence-electron chi connectivity index (χ0n) is 11.5. The second-order valence-electron chi connectivity index (χ2n) is 5.24. The van der Waals surface area contributed by atoms with Gasteiger partial charge < -0.3 is 19.6 Å². The summed E-state index contributed by atoms with van der Waals surface area (Å²) in [5, 5.41) is 9.78. The van der Waals surface area contributed by atoms with Crippen molar-refractivity contribution in [2.45, 2.75) is 44.4 Å². The topological polar surface area (TPSA) is 70.1 Å². The highest BCUT2D eigenvalue weighted by molar-refractivity contribution is 5.88. The molecular weight excluding hydrogens is 248 g/mol. The zero-order chi connectivity index (χ0) is 14.0. The molecule has 2 rings (SSSR count).